The van der Waals surface area contributed by atoms with Crippen molar-refractivity contribution in [3.8, 4) is 0 Å². The van der Waals surface area contributed by atoms with Gasteiger partial charge in [-0.2, -0.15) is 0 Å². The first-order chi connectivity index (χ1) is 15.5. The molecule has 1 aliphatic heterocycles. The Morgan fingerprint density at radius 2 is 1.91 bits per heavy atom. The fraction of sp³-hybridized carbons (Fsp3) is 0.217. The van der Waals surface area contributed by atoms with Crippen LogP contribution in [0, 0.1) is 4.91 Å². The van der Waals surface area contributed by atoms with E-state index in [2.05, 4.69) is 20.5 Å². The van der Waals surface area contributed by atoms with Crippen molar-refractivity contribution in [1.82, 2.24) is 9.99 Å². The summed E-state index contributed by atoms with van der Waals surface area (Å²) in [5.74, 6) is 0.344. The van der Waals surface area contributed by atoms with Gasteiger partial charge in [0.25, 0.3) is 5.91 Å². The molecule has 0 saturated carbocycles. The maximum absolute atomic E-state index is 11.8. The topological polar surface area (TPSA) is 113 Å². The van der Waals surface area contributed by atoms with Crippen molar-refractivity contribution in [3.05, 3.63) is 88.5 Å². The second-order valence-corrected chi connectivity index (χ2v) is 7.55. The van der Waals surface area contributed by atoms with E-state index in [9.17, 15) is 9.70 Å². The number of hydrogen-bond acceptors (Lipinski definition) is 6. The lowest BCUT2D eigenvalue weighted by atomic mass is 9.93. The summed E-state index contributed by atoms with van der Waals surface area (Å²) < 4.78 is 0. The van der Waals surface area contributed by atoms with Crippen molar-refractivity contribution in [2.75, 3.05) is 30.8 Å². The molecule has 1 amide bonds. The number of amides is 1. The molecule has 4 rings (SSSR count). The quantitative estimate of drug-likeness (QED) is 0.444. The number of nitrogens with one attached hydrogen (secondary N) is 2. The Kier molecular flexibility index (Phi) is 6.16. The minimum Gasteiger partial charge on any atom is -0.380 e. The zero-order valence-corrected chi connectivity index (χ0v) is 17.7. The van der Waals surface area contributed by atoms with Crippen LogP contribution in [0.3, 0.4) is 0 Å². The van der Waals surface area contributed by atoms with Crippen LogP contribution in [0.5, 0.6) is 0 Å². The fourth-order valence-electron chi connectivity index (χ4n) is 3.56. The van der Waals surface area contributed by atoms with Gasteiger partial charge in [0.1, 0.15) is 10.7 Å². The minimum absolute atomic E-state index is 0.289. The molecule has 1 fully saturated rings. The zero-order valence-electron chi connectivity index (χ0n) is 17.7. The van der Waals surface area contributed by atoms with Crippen LogP contribution in [0.25, 0.3) is 0 Å². The average molecular weight is 433 g/mol. The Morgan fingerprint density at radius 1 is 1.19 bits per heavy atom. The highest BCUT2D eigenvalue weighted by atomic mass is 16.8. The van der Waals surface area contributed by atoms with Gasteiger partial charge in [0, 0.05) is 30.4 Å². The Labute approximate surface area is 185 Å². The summed E-state index contributed by atoms with van der Waals surface area (Å²) in [5.41, 5.74) is 9.56. The number of nitrogens with zero attached hydrogens (tertiary/aromatic N) is 3. The molecule has 1 aliphatic rings. The Balaban J connectivity index is 1.42. The van der Waals surface area contributed by atoms with E-state index in [1.165, 1.54) is 13.3 Å². The molecule has 9 nitrogen and oxygen atoms in total. The molecule has 164 valence electrons. The van der Waals surface area contributed by atoms with Gasteiger partial charge < -0.3 is 16.4 Å². The summed E-state index contributed by atoms with van der Waals surface area (Å²) >= 11 is 0. The Bertz CT molecular complexity index is 1100. The molecule has 4 N–H and O–H groups in total. The first-order valence-electron chi connectivity index (χ1n) is 10.2. The highest BCUT2D eigenvalue weighted by Crippen LogP contribution is 2.29. The van der Waals surface area contributed by atoms with E-state index < -0.39 is 5.91 Å². The van der Waals surface area contributed by atoms with E-state index >= 15 is 0 Å². The second-order valence-electron chi connectivity index (χ2n) is 7.55. The number of pyridine rings is 1. The lowest BCUT2D eigenvalue weighted by Crippen LogP contribution is -2.49. The molecule has 2 aromatic carbocycles. The monoisotopic (exact) mass is 433 g/mol. The fourth-order valence-corrected chi connectivity index (χ4v) is 3.56. The second kappa shape index (κ2) is 9.34. The number of hydrogen-bond donors (Lipinski definition) is 3. The number of aromatic nitrogens is 1. The smallest absolute Gasteiger partial charge is 0.359 e. The van der Waals surface area contributed by atoms with Gasteiger partial charge in [0.15, 0.2) is 7.11 Å². The molecular formula is C23H25N6O3+. The van der Waals surface area contributed by atoms with E-state index in [1.807, 2.05) is 54.6 Å². The van der Waals surface area contributed by atoms with E-state index in [0.29, 0.717) is 41.7 Å². The van der Waals surface area contributed by atoms with Gasteiger partial charge in [-0.3, -0.25) is 4.79 Å². The molecule has 0 spiro atoms. The van der Waals surface area contributed by atoms with Gasteiger partial charge in [0.2, 0.25) is 0 Å². The lowest BCUT2D eigenvalue weighted by Gasteiger charge is -2.30. The van der Waals surface area contributed by atoms with Crippen molar-refractivity contribution in [2.24, 2.45) is 5.73 Å². The van der Waals surface area contributed by atoms with Crippen LogP contribution in [0.15, 0.2) is 66.9 Å². The SMILES string of the molecule is CO[N+](=O)N1CC(c2ccc(Nc3cc(NCc4ccccc4)c(C(N)=O)cn3)cc2)C1. The number of carbonyl (C=O) groups is 1. The Morgan fingerprint density at radius 3 is 2.56 bits per heavy atom. The van der Waals surface area contributed by atoms with Crippen LogP contribution in [0.2, 0.25) is 0 Å². The van der Waals surface area contributed by atoms with Gasteiger partial charge in [-0.1, -0.05) is 47.5 Å². The Hall–Kier alpha value is -4.14. The number of nitrogens with two attached hydrogens (primary N) is 1. The average Bonchev–Trinajstić information content (AvgIpc) is 2.78. The summed E-state index contributed by atoms with van der Waals surface area (Å²) in [6.45, 7) is 1.80. The van der Waals surface area contributed by atoms with Crippen molar-refractivity contribution >= 4 is 23.1 Å². The van der Waals surface area contributed by atoms with Crippen LogP contribution in [0.1, 0.15) is 27.4 Å². The molecule has 3 aromatic rings. The van der Waals surface area contributed by atoms with E-state index in [4.69, 9.17) is 5.73 Å². The van der Waals surface area contributed by atoms with Crippen molar-refractivity contribution < 1.29 is 14.7 Å². The molecule has 1 saturated heterocycles. The third-order valence-electron chi connectivity index (χ3n) is 5.40. The maximum atomic E-state index is 11.8. The largest absolute Gasteiger partial charge is 0.380 e. The highest BCUT2D eigenvalue weighted by Gasteiger charge is 2.39. The predicted octanol–water partition coefficient (Wildman–Crippen LogP) is 3.19. The number of carbonyl (C=O) groups excluding carboxylic acids is 1. The third kappa shape index (κ3) is 4.77. The molecule has 32 heavy (non-hydrogen) atoms. The summed E-state index contributed by atoms with van der Waals surface area (Å²) in [5, 5.41) is 8.62. The van der Waals surface area contributed by atoms with Crippen LogP contribution in [-0.4, -0.2) is 41.1 Å². The summed E-state index contributed by atoms with van der Waals surface area (Å²) in [4.78, 5) is 32.2. The van der Waals surface area contributed by atoms with Crippen molar-refractivity contribution in [1.29, 1.82) is 0 Å². The van der Waals surface area contributed by atoms with E-state index in [0.717, 1.165) is 16.8 Å². The maximum Gasteiger partial charge on any atom is 0.359 e. The van der Waals surface area contributed by atoms with Crippen LogP contribution in [0.4, 0.5) is 17.2 Å². The number of hydrazine groups is 1. The lowest BCUT2D eigenvalue weighted by molar-refractivity contribution is -0.912. The van der Waals surface area contributed by atoms with E-state index in [-0.39, 0.29) is 5.92 Å². The van der Waals surface area contributed by atoms with Crippen LogP contribution in [-0.2, 0) is 11.4 Å². The molecule has 0 bridgehead atoms. The number of anilines is 3. The normalized spacial score (nSPS) is 13.2. The van der Waals surface area contributed by atoms with Gasteiger partial charge >= 0.3 is 5.03 Å². The molecular weight excluding hydrogens is 408 g/mol. The molecule has 0 atom stereocenters. The first kappa shape index (κ1) is 21.1. The molecule has 0 unspecified atom stereocenters. The molecule has 0 aliphatic carbocycles. The van der Waals surface area contributed by atoms with Crippen molar-refractivity contribution in [2.45, 2.75) is 12.5 Å². The van der Waals surface area contributed by atoms with Crippen molar-refractivity contribution in [3.63, 3.8) is 0 Å². The summed E-state index contributed by atoms with van der Waals surface area (Å²) in [6.07, 6.45) is 1.47. The van der Waals surface area contributed by atoms with E-state index in [1.54, 1.807) is 11.1 Å². The number of benzene rings is 2. The van der Waals surface area contributed by atoms with Gasteiger partial charge in [-0.15, -0.1) is 0 Å². The summed E-state index contributed by atoms with van der Waals surface area (Å²) in [6, 6.07) is 19.6. The van der Waals surface area contributed by atoms with Gasteiger partial charge in [-0.05, 0) is 23.3 Å². The number of rotatable bonds is 9. The molecule has 1 aromatic heterocycles. The highest BCUT2D eigenvalue weighted by molar-refractivity contribution is 5.98. The molecule has 2 heterocycles. The first-order valence-corrected chi connectivity index (χ1v) is 10.2. The predicted molar refractivity (Wildman–Crippen MR) is 121 cm³/mol. The molecule has 0 radical (unpaired) electrons. The minimum atomic E-state index is -0.538. The molecule has 9 heteroatoms. The number of primary amides is 1. The van der Waals surface area contributed by atoms with Gasteiger partial charge in [-0.25, -0.2) is 9.82 Å². The standard InChI is InChI=1S/C23H24N6O3/c1-32-29(31)28-14-18(15-28)17-7-9-19(10-8-17)27-22-11-21(20(13-26-22)23(24)30)25-12-16-5-3-2-4-6-16/h2-11,13,18H,12,14-15H2,1H3,(H3-,24,25,26,27,30)/p+1. The zero-order chi connectivity index (χ0) is 22.5. The summed E-state index contributed by atoms with van der Waals surface area (Å²) in [7, 11) is 1.35. The van der Waals surface area contributed by atoms with Crippen LogP contribution < -0.4 is 16.4 Å². The van der Waals surface area contributed by atoms with Gasteiger partial charge in [0.05, 0.1) is 24.3 Å². The van der Waals surface area contributed by atoms with Crippen LogP contribution >= 0.6 is 0 Å². The third-order valence-corrected chi connectivity index (χ3v) is 5.40.